The van der Waals surface area contributed by atoms with Crippen LogP contribution in [0.15, 0.2) is 24.3 Å². The van der Waals surface area contributed by atoms with Crippen LogP contribution in [0.1, 0.15) is 43.4 Å². The van der Waals surface area contributed by atoms with Crippen molar-refractivity contribution in [3.8, 4) is 0 Å². The van der Waals surface area contributed by atoms with Crippen LogP contribution < -0.4 is 4.72 Å². The zero-order chi connectivity index (χ0) is 17.6. The Morgan fingerprint density at radius 1 is 1.20 bits per heavy atom. The van der Waals surface area contributed by atoms with Gasteiger partial charge in [-0.2, -0.15) is 0 Å². The minimum Gasteiger partial charge on any atom is -0.358 e. The average Bonchev–Trinajstić information content (AvgIpc) is 2.91. The van der Waals surface area contributed by atoms with Crippen LogP contribution in [0.3, 0.4) is 0 Å². The maximum atomic E-state index is 12.7. The van der Waals surface area contributed by atoms with Crippen LogP contribution in [-0.2, 0) is 21.2 Å². The van der Waals surface area contributed by atoms with E-state index in [1.54, 1.807) is 0 Å². The molecule has 1 aromatic carbocycles. The molecule has 1 unspecified atom stereocenters. The number of carbonyl (C=O) groups is 1. The summed E-state index contributed by atoms with van der Waals surface area (Å²) < 4.78 is 27.8. The molecule has 2 aromatic rings. The number of fused-ring (bicyclic) bond motifs is 4. The summed E-state index contributed by atoms with van der Waals surface area (Å²) in [7, 11) is -3.59. The minimum absolute atomic E-state index is 0.0793. The van der Waals surface area contributed by atoms with Gasteiger partial charge < -0.3 is 4.98 Å². The number of carbonyl (C=O) groups excluding carboxylic acids is 1. The van der Waals surface area contributed by atoms with Crippen LogP contribution >= 0.6 is 0 Å². The van der Waals surface area contributed by atoms with Crippen molar-refractivity contribution in [1.82, 2.24) is 9.71 Å². The molecule has 2 N–H and O–H groups in total. The van der Waals surface area contributed by atoms with Gasteiger partial charge in [0.1, 0.15) is 0 Å². The van der Waals surface area contributed by atoms with Gasteiger partial charge in [0.25, 0.3) is 0 Å². The maximum absolute atomic E-state index is 12.7. The lowest BCUT2D eigenvalue weighted by atomic mass is 9.70. The number of amides is 1. The summed E-state index contributed by atoms with van der Waals surface area (Å²) in [5.74, 6) is 0.289. The molecule has 1 aromatic heterocycles. The van der Waals surface area contributed by atoms with Crippen LogP contribution in [0.25, 0.3) is 10.9 Å². The van der Waals surface area contributed by atoms with E-state index in [0.29, 0.717) is 12.3 Å². The Labute approximate surface area is 148 Å². The predicted octanol–water partition coefficient (Wildman–Crippen LogP) is 3.04. The molecule has 1 atom stereocenters. The molecule has 3 saturated carbocycles. The molecular weight excluding hydrogens is 336 g/mol. The first-order valence-corrected chi connectivity index (χ1v) is 10.6. The quantitative estimate of drug-likeness (QED) is 0.879. The molecule has 5 rings (SSSR count). The molecule has 2 bridgehead atoms. The van der Waals surface area contributed by atoms with Gasteiger partial charge in [-0.15, -0.1) is 0 Å². The van der Waals surface area contributed by atoms with Crippen molar-refractivity contribution in [3.63, 3.8) is 0 Å². The number of hydrogen-bond donors (Lipinski definition) is 2. The normalized spacial score (nSPS) is 26.0. The Kier molecular flexibility index (Phi) is 4.10. The van der Waals surface area contributed by atoms with Gasteiger partial charge in [-0.25, -0.2) is 8.42 Å². The van der Waals surface area contributed by atoms with E-state index in [4.69, 9.17) is 0 Å². The zero-order valence-electron chi connectivity index (χ0n) is 14.4. The highest BCUT2D eigenvalue weighted by Gasteiger charge is 2.43. The summed E-state index contributed by atoms with van der Waals surface area (Å²) in [6.07, 6.45) is 5.02. The minimum atomic E-state index is -3.59. The number of aromatic nitrogens is 1. The number of benzene rings is 1. The number of rotatable bonds is 4. The third kappa shape index (κ3) is 3.08. The molecule has 0 aliphatic heterocycles. The van der Waals surface area contributed by atoms with Gasteiger partial charge in [-0.05, 0) is 49.7 Å². The third-order valence-corrected chi connectivity index (χ3v) is 7.89. The number of aryl methyl sites for hydroxylation is 1. The molecular formula is C19H24N2O3S. The molecule has 5 nitrogen and oxygen atoms in total. The molecule has 1 amide bonds. The molecule has 0 spiro atoms. The number of aromatic amines is 1. The highest BCUT2D eigenvalue weighted by atomic mass is 32.2. The second kappa shape index (κ2) is 6.16. The van der Waals surface area contributed by atoms with Gasteiger partial charge in [-0.1, -0.05) is 31.0 Å². The fraction of sp³-hybridized carbons (Fsp3) is 0.526. The SMILES string of the molecule is Cc1[nH]c2ccccc2c1CC(=O)NS(=O)(=O)C1CC2CCC1CC2. The van der Waals surface area contributed by atoms with Gasteiger partial charge in [-0.3, -0.25) is 9.52 Å². The lowest BCUT2D eigenvalue weighted by molar-refractivity contribution is -0.118. The Hall–Kier alpha value is -1.82. The standard InChI is InChI=1S/C19H24N2O3S/c1-12-16(15-4-2-3-5-17(15)20-12)11-19(22)21-25(23,24)18-10-13-6-8-14(18)9-7-13/h2-5,13-14,18,20H,6-11H2,1H3,(H,21,22). The van der Waals surface area contributed by atoms with Gasteiger partial charge >= 0.3 is 0 Å². The summed E-state index contributed by atoms with van der Waals surface area (Å²) in [5, 5.41) is 0.581. The fourth-order valence-electron chi connectivity index (χ4n) is 4.69. The molecule has 25 heavy (non-hydrogen) atoms. The van der Waals surface area contributed by atoms with Gasteiger partial charge in [0.2, 0.25) is 15.9 Å². The second-order valence-electron chi connectivity index (χ2n) is 7.58. The molecule has 0 radical (unpaired) electrons. The largest absolute Gasteiger partial charge is 0.358 e. The Morgan fingerprint density at radius 3 is 2.60 bits per heavy atom. The van der Waals surface area contributed by atoms with E-state index in [1.165, 1.54) is 0 Å². The summed E-state index contributed by atoms with van der Waals surface area (Å²) in [6, 6.07) is 7.77. The summed E-state index contributed by atoms with van der Waals surface area (Å²) in [4.78, 5) is 15.7. The van der Waals surface area contributed by atoms with Gasteiger partial charge in [0.15, 0.2) is 0 Å². The van der Waals surface area contributed by atoms with E-state index in [2.05, 4.69) is 9.71 Å². The van der Waals surface area contributed by atoms with E-state index in [1.807, 2.05) is 31.2 Å². The molecule has 3 fully saturated rings. The van der Waals surface area contributed by atoms with E-state index in [9.17, 15) is 13.2 Å². The molecule has 1 heterocycles. The maximum Gasteiger partial charge on any atom is 0.238 e. The number of hydrogen-bond acceptors (Lipinski definition) is 3. The van der Waals surface area contributed by atoms with Crippen molar-refractivity contribution in [2.45, 2.75) is 50.7 Å². The number of H-pyrrole nitrogens is 1. The average molecular weight is 360 g/mol. The van der Waals surface area contributed by atoms with Crippen LogP contribution in [-0.4, -0.2) is 24.6 Å². The van der Waals surface area contributed by atoms with Crippen molar-refractivity contribution in [3.05, 3.63) is 35.5 Å². The van der Waals surface area contributed by atoms with E-state index in [0.717, 1.165) is 47.8 Å². The van der Waals surface area contributed by atoms with Crippen molar-refractivity contribution in [2.24, 2.45) is 11.8 Å². The summed E-state index contributed by atoms with van der Waals surface area (Å²) in [6.45, 7) is 1.91. The Balaban J connectivity index is 1.51. The smallest absolute Gasteiger partial charge is 0.238 e. The van der Waals surface area contributed by atoms with Crippen molar-refractivity contribution in [2.75, 3.05) is 0 Å². The second-order valence-corrected chi connectivity index (χ2v) is 9.48. The first kappa shape index (κ1) is 16.6. The number of nitrogens with one attached hydrogen (secondary N) is 2. The zero-order valence-corrected chi connectivity index (χ0v) is 15.2. The Morgan fingerprint density at radius 2 is 1.92 bits per heavy atom. The predicted molar refractivity (Wildman–Crippen MR) is 97.7 cm³/mol. The molecule has 6 heteroatoms. The van der Waals surface area contributed by atoms with Crippen LogP contribution in [0.2, 0.25) is 0 Å². The number of para-hydroxylation sites is 1. The molecule has 3 aliphatic rings. The molecule has 134 valence electrons. The Bertz CT molecular complexity index is 908. The van der Waals surface area contributed by atoms with Crippen molar-refractivity contribution in [1.29, 1.82) is 0 Å². The van der Waals surface area contributed by atoms with E-state index >= 15 is 0 Å². The van der Waals surface area contributed by atoms with Crippen molar-refractivity contribution >= 4 is 26.8 Å². The fourth-order valence-corrected chi connectivity index (χ4v) is 6.54. The number of sulfonamides is 1. The van der Waals surface area contributed by atoms with Crippen LogP contribution in [0, 0.1) is 18.8 Å². The van der Waals surface area contributed by atoms with E-state index in [-0.39, 0.29) is 12.3 Å². The van der Waals surface area contributed by atoms with Gasteiger partial charge in [0, 0.05) is 16.6 Å². The topological polar surface area (TPSA) is 79.0 Å². The molecule has 3 aliphatic carbocycles. The lowest BCUT2D eigenvalue weighted by Gasteiger charge is -2.41. The highest BCUT2D eigenvalue weighted by Crippen LogP contribution is 2.43. The van der Waals surface area contributed by atoms with Gasteiger partial charge in [0.05, 0.1) is 11.7 Å². The lowest BCUT2D eigenvalue weighted by Crippen LogP contribution is -2.47. The first-order chi connectivity index (χ1) is 11.9. The summed E-state index contributed by atoms with van der Waals surface area (Å²) >= 11 is 0. The summed E-state index contributed by atoms with van der Waals surface area (Å²) in [5.41, 5.74) is 2.74. The van der Waals surface area contributed by atoms with Crippen molar-refractivity contribution < 1.29 is 13.2 Å². The highest BCUT2D eigenvalue weighted by molar-refractivity contribution is 7.90. The van der Waals surface area contributed by atoms with Crippen LogP contribution in [0.4, 0.5) is 0 Å². The van der Waals surface area contributed by atoms with Crippen LogP contribution in [0.5, 0.6) is 0 Å². The monoisotopic (exact) mass is 360 g/mol. The first-order valence-electron chi connectivity index (χ1n) is 9.04. The molecule has 0 saturated heterocycles. The third-order valence-electron chi connectivity index (χ3n) is 6.00. The van der Waals surface area contributed by atoms with E-state index < -0.39 is 21.2 Å².